The van der Waals surface area contributed by atoms with Gasteiger partial charge in [-0.25, -0.2) is 0 Å². The number of hydrogen-bond donors (Lipinski definition) is 0. The number of amides is 1. The molecule has 0 bridgehead atoms. The van der Waals surface area contributed by atoms with Crippen molar-refractivity contribution in [2.75, 3.05) is 13.1 Å². The monoisotopic (exact) mass is 456 g/mol. The molecule has 0 radical (unpaired) electrons. The third kappa shape index (κ3) is 4.25. The number of halogens is 3. The highest BCUT2D eigenvalue weighted by Crippen LogP contribution is 2.45. The molecule has 2 aliphatic carbocycles. The van der Waals surface area contributed by atoms with Crippen LogP contribution < -0.4 is 0 Å². The van der Waals surface area contributed by atoms with Gasteiger partial charge in [0.1, 0.15) is 0 Å². The predicted molar refractivity (Wildman–Crippen MR) is 116 cm³/mol. The van der Waals surface area contributed by atoms with Crippen molar-refractivity contribution in [3.63, 3.8) is 0 Å². The first-order valence-corrected chi connectivity index (χ1v) is 11.8. The lowest BCUT2D eigenvalue weighted by Gasteiger charge is -2.27. The molecule has 2 heterocycles. The van der Waals surface area contributed by atoms with E-state index in [1.165, 1.54) is 12.1 Å². The molecular formula is C25H27F3N4O. The Labute approximate surface area is 191 Å². The Bertz CT molecular complexity index is 1070. The van der Waals surface area contributed by atoms with Gasteiger partial charge in [-0.3, -0.25) is 9.48 Å². The number of carbonyl (C=O) groups is 1. The van der Waals surface area contributed by atoms with E-state index in [1.54, 1.807) is 17.2 Å². The molecule has 5 nitrogen and oxygen atoms in total. The van der Waals surface area contributed by atoms with Crippen molar-refractivity contribution in [2.45, 2.75) is 69.0 Å². The molecule has 1 amide bonds. The van der Waals surface area contributed by atoms with E-state index in [-0.39, 0.29) is 35.9 Å². The summed E-state index contributed by atoms with van der Waals surface area (Å²) in [6.07, 6.45) is 3.29. The molecule has 1 aromatic heterocycles. The summed E-state index contributed by atoms with van der Waals surface area (Å²) >= 11 is 0. The molecular weight excluding hydrogens is 429 g/mol. The highest BCUT2D eigenvalue weighted by atomic mass is 19.4. The second-order valence-electron chi connectivity index (χ2n) is 9.62. The summed E-state index contributed by atoms with van der Waals surface area (Å²) in [5.41, 5.74) is 1.25. The van der Waals surface area contributed by atoms with E-state index < -0.39 is 11.7 Å². The summed E-state index contributed by atoms with van der Waals surface area (Å²) in [7, 11) is 0. The zero-order chi connectivity index (χ0) is 23.2. The van der Waals surface area contributed by atoms with Gasteiger partial charge in [-0.05, 0) is 56.6 Å². The van der Waals surface area contributed by atoms with Crippen LogP contribution in [0.25, 0.3) is 0 Å². The zero-order valence-corrected chi connectivity index (χ0v) is 18.4. The number of benzene rings is 1. The summed E-state index contributed by atoms with van der Waals surface area (Å²) in [6.45, 7) is 0.729. The molecule has 1 aliphatic heterocycles. The highest BCUT2D eigenvalue weighted by molar-refractivity contribution is 5.95. The van der Waals surface area contributed by atoms with Crippen molar-refractivity contribution in [2.24, 2.45) is 5.92 Å². The molecule has 33 heavy (non-hydrogen) atoms. The Hall–Kier alpha value is -2.82. The Balaban J connectivity index is 1.35. The summed E-state index contributed by atoms with van der Waals surface area (Å²) in [4.78, 5) is 15.2. The lowest BCUT2D eigenvalue weighted by Crippen LogP contribution is -2.29. The molecule has 174 valence electrons. The molecule has 0 unspecified atom stereocenters. The molecule has 0 spiro atoms. The Morgan fingerprint density at radius 1 is 1.03 bits per heavy atom. The van der Waals surface area contributed by atoms with Gasteiger partial charge in [0.2, 0.25) is 0 Å². The van der Waals surface area contributed by atoms with Crippen LogP contribution in [0, 0.1) is 17.2 Å². The number of hydrogen-bond acceptors (Lipinski definition) is 3. The quantitative estimate of drug-likeness (QED) is 0.596. The fourth-order valence-corrected chi connectivity index (χ4v) is 5.52. The van der Waals surface area contributed by atoms with Gasteiger partial charge < -0.3 is 4.90 Å². The predicted octanol–water partition coefficient (Wildman–Crippen LogP) is 5.66. The largest absolute Gasteiger partial charge is 0.416 e. The van der Waals surface area contributed by atoms with Gasteiger partial charge >= 0.3 is 6.18 Å². The number of carbonyl (C=O) groups excluding carboxylic acids is 1. The van der Waals surface area contributed by atoms with E-state index in [0.29, 0.717) is 24.4 Å². The van der Waals surface area contributed by atoms with E-state index >= 15 is 0 Å². The first kappa shape index (κ1) is 22.0. The second kappa shape index (κ2) is 8.51. The molecule has 8 heteroatoms. The van der Waals surface area contributed by atoms with Gasteiger partial charge in [-0.1, -0.05) is 18.2 Å². The number of nitrogens with zero attached hydrogens (tertiary/aromatic N) is 4. The van der Waals surface area contributed by atoms with Crippen LogP contribution in [0.3, 0.4) is 0 Å². The maximum Gasteiger partial charge on any atom is 0.416 e. The van der Waals surface area contributed by atoms with Crippen LogP contribution in [-0.4, -0.2) is 33.7 Å². The lowest BCUT2D eigenvalue weighted by atomic mass is 9.87. The first-order chi connectivity index (χ1) is 15.9. The minimum absolute atomic E-state index is 0.100. The minimum atomic E-state index is -4.40. The second-order valence-corrected chi connectivity index (χ2v) is 9.62. The van der Waals surface area contributed by atoms with Gasteiger partial charge in [-0.15, -0.1) is 0 Å². The number of nitriles is 1. The zero-order valence-electron chi connectivity index (χ0n) is 18.4. The maximum atomic E-state index is 13.5. The van der Waals surface area contributed by atoms with Crippen LogP contribution in [0.4, 0.5) is 13.2 Å². The minimum Gasteiger partial charge on any atom is -0.338 e. The standard InChI is InChI=1S/C25H27F3N4O/c26-25(27,28)22-4-2-1-3-20(22)18-11-12-31(15-18)24(33)21-14-30-32(23(21)17-7-8-17)19-9-5-16(13-29)6-10-19/h1-4,14,16-19H,5-12,15H2/t16-,18-,19-/m1/s1. The fourth-order valence-electron chi connectivity index (χ4n) is 5.52. The number of rotatable bonds is 4. The van der Waals surface area contributed by atoms with E-state index in [4.69, 9.17) is 0 Å². The van der Waals surface area contributed by atoms with Crippen molar-refractivity contribution in [3.05, 3.63) is 52.8 Å². The van der Waals surface area contributed by atoms with Crippen molar-refractivity contribution in [1.82, 2.24) is 14.7 Å². The highest BCUT2D eigenvalue weighted by Gasteiger charge is 2.40. The Morgan fingerprint density at radius 3 is 2.42 bits per heavy atom. The van der Waals surface area contributed by atoms with Gasteiger partial charge in [0.15, 0.2) is 0 Å². The van der Waals surface area contributed by atoms with Gasteiger partial charge in [-0.2, -0.15) is 23.5 Å². The molecule has 5 rings (SSSR count). The van der Waals surface area contributed by atoms with Crippen LogP contribution in [-0.2, 0) is 6.18 Å². The fraction of sp³-hybridized carbons (Fsp3) is 0.560. The summed E-state index contributed by atoms with van der Waals surface area (Å²) in [5.74, 6) is -0.0267. The lowest BCUT2D eigenvalue weighted by molar-refractivity contribution is -0.138. The molecule has 3 fully saturated rings. The van der Waals surface area contributed by atoms with Crippen molar-refractivity contribution in [3.8, 4) is 6.07 Å². The molecule has 0 N–H and O–H groups in total. The van der Waals surface area contributed by atoms with Crippen LogP contribution in [0.15, 0.2) is 30.5 Å². The van der Waals surface area contributed by atoms with Gasteiger partial charge in [0.25, 0.3) is 5.91 Å². The van der Waals surface area contributed by atoms with Crippen LogP contribution in [0.2, 0.25) is 0 Å². The summed E-state index contributed by atoms with van der Waals surface area (Å²) in [5, 5.41) is 13.8. The average molecular weight is 457 g/mol. The molecule has 3 aliphatic rings. The smallest absolute Gasteiger partial charge is 0.338 e. The molecule has 2 saturated carbocycles. The van der Waals surface area contributed by atoms with Crippen molar-refractivity contribution >= 4 is 5.91 Å². The van der Waals surface area contributed by atoms with Crippen LogP contribution in [0.1, 0.15) is 90.0 Å². The van der Waals surface area contributed by atoms with E-state index in [0.717, 1.165) is 50.3 Å². The molecule has 1 saturated heterocycles. The first-order valence-electron chi connectivity index (χ1n) is 11.8. The van der Waals surface area contributed by atoms with Crippen LogP contribution >= 0.6 is 0 Å². The van der Waals surface area contributed by atoms with Gasteiger partial charge in [0.05, 0.1) is 35.1 Å². The molecule has 1 aromatic carbocycles. The summed E-state index contributed by atoms with van der Waals surface area (Å²) < 4.78 is 42.5. The molecule has 1 atom stereocenters. The topological polar surface area (TPSA) is 61.9 Å². The van der Waals surface area contributed by atoms with Crippen LogP contribution in [0.5, 0.6) is 0 Å². The number of alkyl halides is 3. The van der Waals surface area contributed by atoms with Gasteiger partial charge in [0, 0.05) is 30.8 Å². The van der Waals surface area contributed by atoms with E-state index in [2.05, 4.69) is 11.2 Å². The average Bonchev–Trinajstić information content (AvgIpc) is 3.36. The van der Waals surface area contributed by atoms with Crippen molar-refractivity contribution < 1.29 is 18.0 Å². The Kier molecular flexibility index (Phi) is 5.67. The van der Waals surface area contributed by atoms with E-state index in [1.807, 2.05) is 4.68 Å². The third-order valence-electron chi connectivity index (χ3n) is 7.44. The third-order valence-corrected chi connectivity index (χ3v) is 7.44. The Morgan fingerprint density at radius 2 is 1.76 bits per heavy atom. The maximum absolute atomic E-state index is 13.5. The summed E-state index contributed by atoms with van der Waals surface area (Å²) in [6, 6.07) is 8.25. The number of aromatic nitrogens is 2. The number of likely N-dealkylation sites (tertiary alicyclic amines) is 1. The SMILES string of the molecule is N#C[C@H]1CC[C@H](n2ncc(C(=O)N3CC[C@@H](c4ccccc4C(F)(F)F)C3)c2C2CC2)CC1. The normalized spacial score (nSPS) is 25.8. The van der Waals surface area contributed by atoms with Crippen molar-refractivity contribution in [1.29, 1.82) is 5.26 Å². The molecule has 2 aromatic rings. The van der Waals surface area contributed by atoms with E-state index in [9.17, 15) is 23.2 Å².